The summed E-state index contributed by atoms with van der Waals surface area (Å²) in [4.78, 5) is 14.1. The number of hydrogen-bond donors (Lipinski definition) is 1. The van der Waals surface area contributed by atoms with Gasteiger partial charge in [0.05, 0.1) is 0 Å². The molecular weight excluding hydrogens is 214 g/mol. The summed E-state index contributed by atoms with van der Waals surface area (Å²) >= 11 is 0. The Bertz CT molecular complexity index is 420. The van der Waals surface area contributed by atoms with E-state index in [0.29, 0.717) is 5.56 Å². The molecule has 0 atom stereocenters. The van der Waals surface area contributed by atoms with Crippen LogP contribution in [0.4, 0.5) is 0 Å². The zero-order valence-corrected chi connectivity index (χ0v) is 10.4. The molecule has 0 bridgehead atoms. The number of carbonyl (C=O) groups excluding carboxylic acids is 1. The van der Waals surface area contributed by atoms with Gasteiger partial charge in [-0.05, 0) is 49.4 Å². The third kappa shape index (κ3) is 2.60. The van der Waals surface area contributed by atoms with Gasteiger partial charge in [0, 0.05) is 18.7 Å². The van der Waals surface area contributed by atoms with Crippen LogP contribution in [0.25, 0.3) is 0 Å². The predicted octanol–water partition coefficient (Wildman–Crippen LogP) is 2.57. The summed E-state index contributed by atoms with van der Waals surface area (Å²) in [5.74, 6) is 1.05. The van der Waals surface area contributed by atoms with Crippen molar-refractivity contribution in [2.45, 2.75) is 26.7 Å². The average Bonchev–Trinajstić information content (AvgIpc) is 2.33. The van der Waals surface area contributed by atoms with Gasteiger partial charge >= 0.3 is 0 Å². The number of aromatic hydroxyl groups is 1. The third-order valence-corrected chi connectivity index (χ3v) is 3.51. The SMILES string of the molecule is Cc1cc(C(=O)N2CCC(C)CC2)ccc1O. The van der Waals surface area contributed by atoms with Crippen LogP contribution in [0.15, 0.2) is 18.2 Å². The maximum absolute atomic E-state index is 12.2. The highest BCUT2D eigenvalue weighted by atomic mass is 16.3. The Morgan fingerprint density at radius 3 is 2.59 bits per heavy atom. The van der Waals surface area contributed by atoms with Crippen LogP contribution in [0.1, 0.15) is 35.7 Å². The first-order chi connectivity index (χ1) is 8.08. The predicted molar refractivity (Wildman–Crippen MR) is 67.1 cm³/mol. The number of nitrogens with zero attached hydrogens (tertiary/aromatic N) is 1. The Morgan fingerprint density at radius 1 is 1.35 bits per heavy atom. The van der Waals surface area contributed by atoms with Crippen molar-refractivity contribution in [1.29, 1.82) is 0 Å². The van der Waals surface area contributed by atoms with Crippen LogP contribution in [0.3, 0.4) is 0 Å². The number of rotatable bonds is 1. The summed E-state index contributed by atoms with van der Waals surface area (Å²) in [6.07, 6.45) is 2.17. The quantitative estimate of drug-likeness (QED) is 0.810. The lowest BCUT2D eigenvalue weighted by atomic mass is 9.98. The van der Waals surface area contributed by atoms with Gasteiger partial charge < -0.3 is 10.0 Å². The van der Waals surface area contributed by atoms with Gasteiger partial charge in [0.25, 0.3) is 5.91 Å². The number of carbonyl (C=O) groups is 1. The first-order valence-electron chi connectivity index (χ1n) is 6.17. The molecule has 0 saturated carbocycles. The van der Waals surface area contributed by atoms with Crippen molar-refractivity contribution in [3.8, 4) is 5.75 Å². The monoisotopic (exact) mass is 233 g/mol. The van der Waals surface area contributed by atoms with Crippen LogP contribution in [0.2, 0.25) is 0 Å². The Balaban J connectivity index is 2.11. The number of phenolic OH excluding ortho intramolecular Hbond substituents is 1. The van der Waals surface area contributed by atoms with Gasteiger partial charge in [0.15, 0.2) is 0 Å². The topological polar surface area (TPSA) is 40.5 Å². The lowest BCUT2D eigenvalue weighted by molar-refractivity contribution is 0.0697. The average molecular weight is 233 g/mol. The van der Waals surface area contributed by atoms with E-state index < -0.39 is 0 Å². The lowest BCUT2D eigenvalue weighted by Crippen LogP contribution is -2.37. The Morgan fingerprint density at radius 2 is 2.00 bits per heavy atom. The fourth-order valence-electron chi connectivity index (χ4n) is 2.18. The first-order valence-corrected chi connectivity index (χ1v) is 6.17. The molecule has 1 N–H and O–H groups in total. The third-order valence-electron chi connectivity index (χ3n) is 3.51. The van der Waals surface area contributed by atoms with Gasteiger partial charge in [-0.25, -0.2) is 0 Å². The number of phenols is 1. The smallest absolute Gasteiger partial charge is 0.253 e. The summed E-state index contributed by atoms with van der Waals surface area (Å²) in [7, 11) is 0. The van der Waals surface area contributed by atoms with Crippen LogP contribution in [0.5, 0.6) is 5.75 Å². The van der Waals surface area contributed by atoms with E-state index in [1.807, 2.05) is 11.8 Å². The summed E-state index contributed by atoms with van der Waals surface area (Å²) in [6, 6.07) is 5.05. The molecule has 1 amide bonds. The number of hydrogen-bond acceptors (Lipinski definition) is 2. The molecular formula is C14H19NO2. The van der Waals surface area contributed by atoms with Crippen molar-refractivity contribution < 1.29 is 9.90 Å². The van der Waals surface area contributed by atoms with Gasteiger partial charge in [-0.1, -0.05) is 6.92 Å². The second kappa shape index (κ2) is 4.78. The van der Waals surface area contributed by atoms with Crippen LogP contribution >= 0.6 is 0 Å². The molecule has 92 valence electrons. The van der Waals surface area contributed by atoms with E-state index in [4.69, 9.17) is 0 Å². The van der Waals surface area contributed by atoms with E-state index >= 15 is 0 Å². The molecule has 3 heteroatoms. The van der Waals surface area contributed by atoms with Crippen molar-refractivity contribution in [2.75, 3.05) is 13.1 Å². The van der Waals surface area contributed by atoms with Crippen LogP contribution < -0.4 is 0 Å². The molecule has 17 heavy (non-hydrogen) atoms. The molecule has 1 heterocycles. The second-order valence-corrected chi connectivity index (χ2v) is 4.98. The van der Waals surface area contributed by atoms with E-state index in [2.05, 4.69) is 6.92 Å². The maximum Gasteiger partial charge on any atom is 0.253 e. The van der Waals surface area contributed by atoms with Crippen LogP contribution in [0, 0.1) is 12.8 Å². The zero-order valence-electron chi connectivity index (χ0n) is 10.4. The van der Waals surface area contributed by atoms with Gasteiger partial charge in [-0.2, -0.15) is 0 Å². The minimum Gasteiger partial charge on any atom is -0.508 e. The minimum absolute atomic E-state index is 0.0833. The largest absolute Gasteiger partial charge is 0.508 e. The molecule has 0 unspecified atom stereocenters. The molecule has 3 nitrogen and oxygen atoms in total. The minimum atomic E-state index is 0.0833. The number of amides is 1. The highest BCUT2D eigenvalue weighted by molar-refractivity contribution is 5.94. The normalized spacial score (nSPS) is 17.2. The molecule has 0 radical (unpaired) electrons. The van der Waals surface area contributed by atoms with Crippen molar-refractivity contribution >= 4 is 5.91 Å². The summed E-state index contributed by atoms with van der Waals surface area (Å²) in [5.41, 5.74) is 1.43. The maximum atomic E-state index is 12.2. The van der Waals surface area contributed by atoms with Gasteiger partial charge in [-0.3, -0.25) is 4.79 Å². The molecule has 0 spiro atoms. The van der Waals surface area contributed by atoms with Crippen molar-refractivity contribution in [1.82, 2.24) is 4.90 Å². The summed E-state index contributed by atoms with van der Waals surface area (Å²) in [6.45, 7) is 5.73. The number of aryl methyl sites for hydroxylation is 1. The molecule has 1 fully saturated rings. The van der Waals surface area contributed by atoms with E-state index in [-0.39, 0.29) is 11.7 Å². The molecule has 1 saturated heterocycles. The molecule has 0 aliphatic carbocycles. The van der Waals surface area contributed by atoms with E-state index in [1.165, 1.54) is 0 Å². The fraction of sp³-hybridized carbons (Fsp3) is 0.500. The molecule has 2 rings (SSSR count). The first kappa shape index (κ1) is 12.0. The van der Waals surface area contributed by atoms with Crippen LogP contribution in [-0.2, 0) is 0 Å². The molecule has 1 aromatic carbocycles. The summed E-state index contributed by atoms with van der Waals surface area (Å²) < 4.78 is 0. The lowest BCUT2D eigenvalue weighted by Gasteiger charge is -2.30. The van der Waals surface area contributed by atoms with Crippen molar-refractivity contribution in [2.24, 2.45) is 5.92 Å². The fourth-order valence-corrected chi connectivity index (χ4v) is 2.18. The number of benzene rings is 1. The summed E-state index contributed by atoms with van der Waals surface area (Å²) in [5, 5.41) is 9.45. The second-order valence-electron chi connectivity index (χ2n) is 4.98. The van der Waals surface area contributed by atoms with Crippen molar-refractivity contribution in [3.05, 3.63) is 29.3 Å². The molecule has 1 aliphatic heterocycles. The van der Waals surface area contributed by atoms with Gasteiger partial charge in [-0.15, -0.1) is 0 Å². The molecule has 0 aromatic heterocycles. The van der Waals surface area contributed by atoms with E-state index in [1.54, 1.807) is 18.2 Å². The van der Waals surface area contributed by atoms with Gasteiger partial charge in [0.2, 0.25) is 0 Å². The van der Waals surface area contributed by atoms with E-state index in [9.17, 15) is 9.90 Å². The zero-order chi connectivity index (χ0) is 12.4. The Kier molecular flexibility index (Phi) is 3.36. The molecule has 1 aliphatic rings. The van der Waals surface area contributed by atoms with Crippen LogP contribution in [-0.4, -0.2) is 29.0 Å². The number of piperidine rings is 1. The highest BCUT2D eigenvalue weighted by Crippen LogP contribution is 2.21. The highest BCUT2D eigenvalue weighted by Gasteiger charge is 2.21. The molecule has 1 aromatic rings. The Hall–Kier alpha value is -1.51. The van der Waals surface area contributed by atoms with Gasteiger partial charge in [0.1, 0.15) is 5.75 Å². The Labute approximate surface area is 102 Å². The number of likely N-dealkylation sites (tertiary alicyclic amines) is 1. The standard InChI is InChI=1S/C14H19NO2/c1-10-5-7-15(8-6-10)14(17)12-3-4-13(16)11(2)9-12/h3-4,9-10,16H,5-8H2,1-2H3. The van der Waals surface area contributed by atoms with Crippen molar-refractivity contribution in [3.63, 3.8) is 0 Å². The van der Waals surface area contributed by atoms with E-state index in [0.717, 1.165) is 37.4 Å².